The molecule has 0 aliphatic rings. The highest BCUT2D eigenvalue weighted by Gasteiger charge is 2.19. The predicted molar refractivity (Wildman–Crippen MR) is 557 cm³/mol. The van der Waals surface area contributed by atoms with Gasteiger partial charge in [-0.15, -0.1) is 0 Å². The normalized spacial score (nSPS) is 12.8. The highest BCUT2D eigenvalue weighted by atomic mass is 16.5. The van der Waals surface area contributed by atoms with Crippen molar-refractivity contribution in [1.29, 1.82) is 10.5 Å². The quantitative estimate of drug-likeness (QED) is 0.0318. The minimum Gasteiger partial charge on any atom is -0.493 e. The third kappa shape index (κ3) is 67.5. The molecular formula is C120H208N2O4. The summed E-state index contributed by atoms with van der Waals surface area (Å²) in [6.07, 6.45) is 111. The third-order valence-corrected chi connectivity index (χ3v) is 27.8. The lowest BCUT2D eigenvalue weighted by Gasteiger charge is -2.20. The van der Waals surface area contributed by atoms with Crippen molar-refractivity contribution in [2.75, 3.05) is 26.4 Å². The number of hydrogen-bond donors (Lipinski definition) is 0. The number of benzene rings is 3. The number of rotatable bonds is 96. The monoisotopic (exact) mass is 1740 g/mol. The van der Waals surface area contributed by atoms with E-state index in [0.29, 0.717) is 61.2 Å². The van der Waals surface area contributed by atoms with E-state index >= 15 is 0 Å². The first-order chi connectivity index (χ1) is 62.3. The first kappa shape index (κ1) is 115. The minimum atomic E-state index is 0.500. The zero-order valence-electron chi connectivity index (χ0n) is 85.2. The van der Waals surface area contributed by atoms with Gasteiger partial charge >= 0.3 is 0 Å². The largest absolute Gasteiger partial charge is 0.493 e. The lowest BCUT2D eigenvalue weighted by Crippen LogP contribution is -2.14. The van der Waals surface area contributed by atoms with Crippen LogP contribution in [0.3, 0.4) is 0 Å². The van der Waals surface area contributed by atoms with Crippen molar-refractivity contribution in [3.05, 3.63) is 82.9 Å². The van der Waals surface area contributed by atoms with E-state index in [2.05, 4.69) is 104 Å². The van der Waals surface area contributed by atoms with Crippen LogP contribution in [0.2, 0.25) is 0 Å². The molecule has 3 aromatic rings. The van der Waals surface area contributed by atoms with Crippen molar-refractivity contribution in [2.24, 2.45) is 23.7 Å². The van der Waals surface area contributed by atoms with Crippen LogP contribution in [0.5, 0.6) is 23.0 Å². The van der Waals surface area contributed by atoms with E-state index in [9.17, 15) is 10.5 Å². The lowest BCUT2D eigenvalue weighted by molar-refractivity contribution is 0.214. The van der Waals surface area contributed by atoms with Gasteiger partial charge in [-0.3, -0.25) is 0 Å². The van der Waals surface area contributed by atoms with Gasteiger partial charge in [-0.1, -0.05) is 542 Å². The molecule has 0 aliphatic heterocycles. The maximum Gasteiger partial charge on any atom is 0.123 e. The smallest absolute Gasteiger partial charge is 0.123 e. The number of nitrogens with zero attached hydrogens (tertiary/aromatic N) is 2. The van der Waals surface area contributed by atoms with E-state index in [1.54, 1.807) is 0 Å². The van der Waals surface area contributed by atoms with Crippen molar-refractivity contribution < 1.29 is 18.9 Å². The third-order valence-electron chi connectivity index (χ3n) is 27.8. The van der Waals surface area contributed by atoms with Crippen molar-refractivity contribution in [1.82, 2.24) is 0 Å². The van der Waals surface area contributed by atoms with Gasteiger partial charge in [0.1, 0.15) is 23.0 Å². The number of nitriles is 2. The molecule has 3 rings (SSSR count). The summed E-state index contributed by atoms with van der Waals surface area (Å²) in [6, 6.07) is 26.4. The van der Waals surface area contributed by atoms with Gasteiger partial charge in [0, 0.05) is 12.1 Å². The number of ether oxygens (including phenoxy) is 4. The summed E-state index contributed by atoms with van der Waals surface area (Å²) in [6.45, 7) is 21.3. The SMILES string of the molecule is CCCCCCCCCCCCC(CCCCCCCCCC)COc1cc(/C=C(\C#N)c2ccc(/C(C#N)=C/c3cc(OCC(CCCCCCCCCC)CCCCCCCCCCCC)cc(OCC(CCCCCCCCCC)CCCCCCCCCCCC)c3)cc2)cc(OCC(CCCCCCCCCC)CCCCCCCCCCCC)c1. The van der Waals surface area contributed by atoms with Gasteiger partial charge in [0.05, 0.1) is 49.7 Å². The van der Waals surface area contributed by atoms with Crippen LogP contribution in [-0.2, 0) is 0 Å². The van der Waals surface area contributed by atoms with E-state index in [0.717, 1.165) is 45.3 Å². The Labute approximate surface area is 785 Å². The van der Waals surface area contributed by atoms with E-state index in [4.69, 9.17) is 18.9 Å². The molecule has 3 aromatic carbocycles. The van der Waals surface area contributed by atoms with Crippen LogP contribution in [0.1, 0.15) is 591 Å². The van der Waals surface area contributed by atoms with E-state index in [-0.39, 0.29) is 0 Å². The van der Waals surface area contributed by atoms with Crippen LogP contribution in [0.15, 0.2) is 60.7 Å². The van der Waals surface area contributed by atoms with Crippen LogP contribution < -0.4 is 18.9 Å². The summed E-state index contributed by atoms with van der Waals surface area (Å²) in [5.74, 6) is 5.34. The summed E-state index contributed by atoms with van der Waals surface area (Å²) in [4.78, 5) is 0. The molecule has 0 fully saturated rings. The van der Waals surface area contributed by atoms with E-state index in [1.807, 2.05) is 36.4 Å². The maximum atomic E-state index is 11.2. The fourth-order valence-corrected chi connectivity index (χ4v) is 19.3. The molecule has 0 radical (unpaired) electrons. The Hall–Kier alpha value is -4.68. The number of unbranched alkanes of at least 4 members (excludes halogenated alkanes) is 64. The van der Waals surface area contributed by atoms with Crippen LogP contribution in [0.4, 0.5) is 0 Å². The van der Waals surface area contributed by atoms with Gasteiger partial charge in [-0.2, -0.15) is 10.5 Å². The van der Waals surface area contributed by atoms with Crippen LogP contribution in [-0.4, -0.2) is 26.4 Å². The number of allylic oxidation sites excluding steroid dienone is 2. The van der Waals surface area contributed by atoms with Crippen LogP contribution >= 0.6 is 0 Å². The molecule has 0 heterocycles. The van der Waals surface area contributed by atoms with Crippen molar-refractivity contribution in [3.8, 4) is 35.1 Å². The van der Waals surface area contributed by atoms with Gasteiger partial charge in [0.2, 0.25) is 0 Å². The highest BCUT2D eigenvalue weighted by molar-refractivity contribution is 5.93. The van der Waals surface area contributed by atoms with E-state index in [1.165, 1.54) is 514 Å². The standard InChI is InChI=1S/C120H208N2O4/c1-9-17-25-33-41-49-53-61-69-77-85-107(81-73-65-57-45-37-29-21-13-5)103-123-117-95-111(96-118(99-117)124-104-108(82-74-66-58-46-38-30-22-14-6)86-78-70-62-54-50-42-34-26-18-10-2)93-115(101-121)113-89-91-114(92-90-113)116(102-122)94-112-97-119(125-105-109(83-75-67-59-47-39-31-23-15-7)87-79-71-63-55-51-43-35-27-19-11-3)100-120(98-112)126-106-110(84-76-68-60-48-40-32-24-16-8)88-80-72-64-56-52-44-36-28-20-12-4/h89-100,107-110H,9-88,103-106H2,1-8H3/b115-93+,116-94+. The molecule has 0 saturated carbocycles. The molecule has 0 amide bonds. The topological polar surface area (TPSA) is 84.5 Å². The average molecular weight is 1740 g/mol. The van der Waals surface area contributed by atoms with Gasteiger partial charge in [-0.05, 0) is 134 Å². The second-order valence-electron chi connectivity index (χ2n) is 40.0. The Morgan fingerprint density at radius 1 is 0.206 bits per heavy atom. The molecule has 6 heteroatoms. The zero-order valence-corrected chi connectivity index (χ0v) is 85.2. The molecule has 0 N–H and O–H groups in total. The van der Waals surface area contributed by atoms with Gasteiger partial charge in [0.15, 0.2) is 0 Å². The Kier molecular flexibility index (Phi) is 80.9. The maximum absolute atomic E-state index is 11.2. The summed E-state index contributed by atoms with van der Waals surface area (Å²) >= 11 is 0. The van der Waals surface area contributed by atoms with Crippen molar-refractivity contribution >= 4 is 23.3 Å². The second-order valence-corrected chi connectivity index (χ2v) is 40.0. The lowest BCUT2D eigenvalue weighted by atomic mass is 9.94. The average Bonchev–Trinajstić information content (AvgIpc) is 0.834. The van der Waals surface area contributed by atoms with E-state index < -0.39 is 0 Å². The summed E-state index contributed by atoms with van der Waals surface area (Å²) in [5.41, 5.74) is 4.62. The Morgan fingerprint density at radius 2 is 0.341 bits per heavy atom. The Bertz CT molecular complexity index is 2650. The molecule has 126 heavy (non-hydrogen) atoms. The van der Waals surface area contributed by atoms with Gasteiger partial charge in [0.25, 0.3) is 0 Å². The summed E-state index contributed by atoms with van der Waals surface area (Å²) in [5, 5.41) is 22.5. The van der Waals surface area contributed by atoms with Crippen LogP contribution in [0.25, 0.3) is 23.3 Å². The Balaban J connectivity index is 2.11. The minimum absolute atomic E-state index is 0.500. The summed E-state index contributed by atoms with van der Waals surface area (Å²) in [7, 11) is 0. The first-order valence-electron chi connectivity index (χ1n) is 56.4. The van der Waals surface area contributed by atoms with Gasteiger partial charge in [-0.25, -0.2) is 0 Å². The van der Waals surface area contributed by atoms with Crippen molar-refractivity contribution in [3.63, 3.8) is 0 Å². The second kappa shape index (κ2) is 88.3. The van der Waals surface area contributed by atoms with Crippen LogP contribution in [0, 0.1) is 46.3 Å². The molecule has 0 aromatic heterocycles. The molecular weight excluding hydrogens is 1530 g/mol. The fraction of sp³-hybridized carbons (Fsp3) is 0.800. The zero-order chi connectivity index (χ0) is 90.2. The molecule has 4 unspecified atom stereocenters. The molecule has 722 valence electrons. The van der Waals surface area contributed by atoms with Gasteiger partial charge < -0.3 is 18.9 Å². The molecule has 0 saturated heterocycles. The van der Waals surface area contributed by atoms with Crippen molar-refractivity contribution in [2.45, 2.75) is 569 Å². The highest BCUT2D eigenvalue weighted by Crippen LogP contribution is 2.35. The molecule has 6 nitrogen and oxygen atoms in total. The Morgan fingerprint density at radius 3 is 0.476 bits per heavy atom. The fourth-order valence-electron chi connectivity index (χ4n) is 19.3. The molecule has 0 bridgehead atoms. The summed E-state index contributed by atoms with van der Waals surface area (Å²) < 4.78 is 28.3. The first-order valence-corrected chi connectivity index (χ1v) is 56.4. The predicted octanol–water partition coefficient (Wildman–Crippen LogP) is 41.2. The number of hydrogen-bond acceptors (Lipinski definition) is 6. The molecule has 4 atom stereocenters. The molecule has 0 aliphatic carbocycles. The molecule has 0 spiro atoms.